The molecule has 1 aromatic heterocycles. The molecule has 20 heavy (non-hydrogen) atoms. The third kappa shape index (κ3) is 3.22. The van der Waals surface area contributed by atoms with E-state index in [2.05, 4.69) is 18.7 Å². The predicted octanol–water partition coefficient (Wildman–Crippen LogP) is 2.80. The standard InChI is InChI=1S/C15H22N2O2S/c1-4-16(5-2)9-6-10-17-15(18)13-8-7-12(19-3)11-14(13)20-17/h7-8,11H,4-6,9-10H2,1-3H3. The van der Waals surface area contributed by atoms with Gasteiger partial charge < -0.3 is 9.64 Å². The van der Waals surface area contributed by atoms with Gasteiger partial charge in [0.15, 0.2) is 0 Å². The first-order chi connectivity index (χ1) is 9.69. The Balaban J connectivity index is 2.10. The lowest BCUT2D eigenvalue weighted by atomic mass is 10.2. The van der Waals surface area contributed by atoms with Crippen LogP contribution in [0, 0.1) is 0 Å². The van der Waals surface area contributed by atoms with Gasteiger partial charge in [-0.3, -0.25) is 8.75 Å². The third-order valence-electron chi connectivity index (χ3n) is 3.58. The molecule has 2 aromatic rings. The highest BCUT2D eigenvalue weighted by atomic mass is 32.1. The number of aryl methyl sites for hydroxylation is 1. The molecule has 0 aliphatic rings. The molecular weight excluding hydrogens is 272 g/mol. The number of rotatable bonds is 7. The smallest absolute Gasteiger partial charge is 0.268 e. The van der Waals surface area contributed by atoms with Crippen LogP contribution in [0.4, 0.5) is 0 Å². The monoisotopic (exact) mass is 294 g/mol. The first-order valence-corrected chi connectivity index (χ1v) is 7.87. The molecule has 0 unspecified atom stereocenters. The van der Waals surface area contributed by atoms with Crippen molar-refractivity contribution in [2.45, 2.75) is 26.8 Å². The molecule has 1 heterocycles. The molecule has 1 aromatic carbocycles. The molecule has 0 saturated carbocycles. The Bertz CT molecular complexity index is 614. The molecule has 0 fully saturated rings. The van der Waals surface area contributed by atoms with E-state index in [9.17, 15) is 4.79 Å². The second-order valence-corrected chi connectivity index (χ2v) is 5.80. The van der Waals surface area contributed by atoms with Crippen molar-refractivity contribution in [2.75, 3.05) is 26.7 Å². The van der Waals surface area contributed by atoms with Crippen molar-refractivity contribution in [3.8, 4) is 5.75 Å². The molecule has 5 heteroatoms. The topological polar surface area (TPSA) is 34.5 Å². The summed E-state index contributed by atoms with van der Waals surface area (Å²) in [6.45, 7) is 8.29. The Kier molecular flexibility index (Phi) is 5.20. The maximum absolute atomic E-state index is 12.3. The number of fused-ring (bicyclic) bond motifs is 1. The maximum Gasteiger partial charge on any atom is 0.268 e. The first-order valence-electron chi connectivity index (χ1n) is 7.09. The predicted molar refractivity (Wildman–Crippen MR) is 85.0 cm³/mol. The molecule has 2 rings (SSSR count). The number of benzene rings is 1. The zero-order chi connectivity index (χ0) is 14.5. The van der Waals surface area contributed by atoms with Gasteiger partial charge >= 0.3 is 0 Å². The maximum atomic E-state index is 12.3. The van der Waals surface area contributed by atoms with Crippen molar-refractivity contribution in [3.63, 3.8) is 0 Å². The van der Waals surface area contributed by atoms with Gasteiger partial charge in [-0.2, -0.15) is 0 Å². The van der Waals surface area contributed by atoms with Crippen LogP contribution >= 0.6 is 11.5 Å². The second-order valence-electron chi connectivity index (χ2n) is 4.74. The molecule has 0 bridgehead atoms. The van der Waals surface area contributed by atoms with Gasteiger partial charge in [0.2, 0.25) is 0 Å². The van der Waals surface area contributed by atoms with Crippen LogP contribution < -0.4 is 10.3 Å². The van der Waals surface area contributed by atoms with Crippen LogP contribution in [-0.2, 0) is 6.54 Å². The van der Waals surface area contributed by atoms with E-state index in [4.69, 9.17) is 4.74 Å². The van der Waals surface area contributed by atoms with Gasteiger partial charge in [-0.05, 0) is 44.3 Å². The minimum Gasteiger partial charge on any atom is -0.497 e. The molecule has 110 valence electrons. The van der Waals surface area contributed by atoms with Crippen molar-refractivity contribution in [2.24, 2.45) is 0 Å². The van der Waals surface area contributed by atoms with E-state index >= 15 is 0 Å². The van der Waals surface area contributed by atoms with E-state index in [1.165, 1.54) is 11.5 Å². The number of ether oxygens (including phenoxy) is 1. The lowest BCUT2D eigenvalue weighted by Gasteiger charge is -2.17. The van der Waals surface area contributed by atoms with Crippen LogP contribution in [0.2, 0.25) is 0 Å². The Labute approximate surface area is 123 Å². The molecule has 0 aliphatic heterocycles. The summed E-state index contributed by atoms with van der Waals surface area (Å²) in [7, 11) is 1.64. The first kappa shape index (κ1) is 15.1. The van der Waals surface area contributed by atoms with Crippen LogP contribution in [0.25, 0.3) is 10.1 Å². The van der Waals surface area contributed by atoms with E-state index in [0.29, 0.717) is 0 Å². The van der Waals surface area contributed by atoms with E-state index in [1.54, 1.807) is 7.11 Å². The second kappa shape index (κ2) is 6.90. The summed E-state index contributed by atoms with van der Waals surface area (Å²) >= 11 is 1.53. The van der Waals surface area contributed by atoms with E-state index < -0.39 is 0 Å². The fraction of sp³-hybridized carbons (Fsp3) is 0.533. The van der Waals surface area contributed by atoms with E-state index in [1.807, 2.05) is 22.2 Å². The minimum absolute atomic E-state index is 0.118. The molecule has 0 radical (unpaired) electrons. The highest BCUT2D eigenvalue weighted by Gasteiger charge is 2.08. The van der Waals surface area contributed by atoms with E-state index in [0.717, 1.165) is 48.4 Å². The Morgan fingerprint density at radius 1 is 1.30 bits per heavy atom. The van der Waals surface area contributed by atoms with Crippen LogP contribution in [0.15, 0.2) is 23.0 Å². The van der Waals surface area contributed by atoms with Gasteiger partial charge in [-0.1, -0.05) is 25.4 Å². The fourth-order valence-electron chi connectivity index (χ4n) is 2.30. The molecule has 0 amide bonds. The summed E-state index contributed by atoms with van der Waals surface area (Å²) < 4.78 is 8.05. The van der Waals surface area contributed by atoms with Gasteiger partial charge in [0.05, 0.1) is 17.2 Å². The zero-order valence-corrected chi connectivity index (χ0v) is 13.2. The fourth-order valence-corrected chi connectivity index (χ4v) is 3.36. The summed E-state index contributed by atoms with van der Waals surface area (Å²) in [5.74, 6) is 0.800. The normalized spacial score (nSPS) is 11.4. The SMILES string of the molecule is CCN(CC)CCCn1sc2cc(OC)ccc2c1=O. The lowest BCUT2D eigenvalue weighted by molar-refractivity contribution is 0.294. The summed E-state index contributed by atoms with van der Waals surface area (Å²) in [5.41, 5.74) is 0.118. The largest absolute Gasteiger partial charge is 0.497 e. The van der Waals surface area contributed by atoms with Gasteiger partial charge in [0, 0.05) is 6.54 Å². The third-order valence-corrected chi connectivity index (χ3v) is 4.69. The molecule has 0 saturated heterocycles. The van der Waals surface area contributed by atoms with Crippen LogP contribution in [0.1, 0.15) is 20.3 Å². The van der Waals surface area contributed by atoms with Gasteiger partial charge in [-0.15, -0.1) is 0 Å². The Hall–Kier alpha value is -1.33. The van der Waals surface area contributed by atoms with Crippen molar-refractivity contribution in [3.05, 3.63) is 28.6 Å². The molecule has 0 spiro atoms. The van der Waals surface area contributed by atoms with Crippen molar-refractivity contribution in [1.82, 2.24) is 8.86 Å². The average molecular weight is 294 g/mol. The van der Waals surface area contributed by atoms with Gasteiger partial charge in [0.25, 0.3) is 5.56 Å². The van der Waals surface area contributed by atoms with Crippen LogP contribution in [0.5, 0.6) is 5.75 Å². The quantitative estimate of drug-likeness (QED) is 0.787. The lowest BCUT2D eigenvalue weighted by Crippen LogP contribution is -2.25. The minimum atomic E-state index is 0.118. The highest BCUT2D eigenvalue weighted by Crippen LogP contribution is 2.22. The number of methoxy groups -OCH3 is 1. The summed E-state index contributed by atoms with van der Waals surface area (Å²) in [6, 6.07) is 5.63. The molecule has 0 aliphatic carbocycles. The van der Waals surface area contributed by atoms with Crippen molar-refractivity contribution < 1.29 is 4.74 Å². The van der Waals surface area contributed by atoms with Gasteiger partial charge in [0.1, 0.15) is 5.75 Å². The molecular formula is C15H22N2O2S. The van der Waals surface area contributed by atoms with Crippen LogP contribution in [0.3, 0.4) is 0 Å². The van der Waals surface area contributed by atoms with Crippen molar-refractivity contribution >= 4 is 21.6 Å². The molecule has 0 atom stereocenters. The summed E-state index contributed by atoms with van der Waals surface area (Å²) in [6.07, 6.45) is 1.01. The molecule has 4 nitrogen and oxygen atoms in total. The number of hydrogen-bond acceptors (Lipinski definition) is 4. The van der Waals surface area contributed by atoms with Crippen LogP contribution in [-0.4, -0.2) is 35.6 Å². The number of hydrogen-bond donors (Lipinski definition) is 0. The summed E-state index contributed by atoms with van der Waals surface area (Å²) in [4.78, 5) is 14.6. The van der Waals surface area contributed by atoms with Gasteiger partial charge in [-0.25, -0.2) is 0 Å². The Morgan fingerprint density at radius 3 is 2.70 bits per heavy atom. The number of aromatic nitrogens is 1. The van der Waals surface area contributed by atoms with Crippen molar-refractivity contribution in [1.29, 1.82) is 0 Å². The van der Waals surface area contributed by atoms with E-state index in [-0.39, 0.29) is 5.56 Å². The zero-order valence-electron chi connectivity index (χ0n) is 12.4. The molecule has 0 N–H and O–H groups in total. The number of nitrogens with zero attached hydrogens (tertiary/aromatic N) is 2. The Morgan fingerprint density at radius 2 is 2.05 bits per heavy atom. The average Bonchev–Trinajstić information content (AvgIpc) is 2.79. The highest BCUT2D eigenvalue weighted by molar-refractivity contribution is 7.13. The summed E-state index contributed by atoms with van der Waals surface area (Å²) in [5, 5.41) is 0.790.